The lowest BCUT2D eigenvalue weighted by molar-refractivity contribution is 0.0224. The van der Waals surface area contributed by atoms with E-state index in [4.69, 9.17) is 4.74 Å². The maximum absolute atomic E-state index is 6.03. The van der Waals surface area contributed by atoms with Crippen LogP contribution in [0, 0.1) is 5.41 Å². The Morgan fingerprint density at radius 1 is 1.24 bits per heavy atom. The van der Waals surface area contributed by atoms with Crippen LogP contribution in [-0.4, -0.2) is 25.3 Å². The summed E-state index contributed by atoms with van der Waals surface area (Å²) < 4.78 is 6.03. The molecule has 0 amide bonds. The van der Waals surface area contributed by atoms with Gasteiger partial charge >= 0.3 is 0 Å². The second kappa shape index (κ2) is 6.19. The molecule has 0 aromatic rings. The summed E-state index contributed by atoms with van der Waals surface area (Å²) in [6.07, 6.45) is 11.8. The van der Waals surface area contributed by atoms with Crippen LogP contribution in [0.5, 0.6) is 0 Å². The lowest BCUT2D eigenvalue weighted by Gasteiger charge is -2.32. The molecule has 1 N–H and O–H groups in total. The van der Waals surface area contributed by atoms with E-state index in [0.29, 0.717) is 17.6 Å². The molecule has 2 heteroatoms. The van der Waals surface area contributed by atoms with Gasteiger partial charge in [0.25, 0.3) is 0 Å². The van der Waals surface area contributed by atoms with Gasteiger partial charge in [0, 0.05) is 6.54 Å². The Hall–Kier alpha value is -0.0800. The van der Waals surface area contributed by atoms with E-state index in [1.807, 2.05) is 0 Å². The molecule has 1 saturated carbocycles. The van der Waals surface area contributed by atoms with Crippen molar-refractivity contribution in [3.63, 3.8) is 0 Å². The average molecular weight is 239 g/mol. The van der Waals surface area contributed by atoms with E-state index in [1.165, 1.54) is 64.5 Å². The molecule has 1 saturated heterocycles. The zero-order valence-electron chi connectivity index (χ0n) is 11.6. The molecule has 0 bridgehead atoms. The summed E-state index contributed by atoms with van der Waals surface area (Å²) in [5.74, 6) is 0. The van der Waals surface area contributed by atoms with Gasteiger partial charge in [-0.3, -0.25) is 0 Å². The van der Waals surface area contributed by atoms with Crippen molar-refractivity contribution in [3.05, 3.63) is 0 Å². The van der Waals surface area contributed by atoms with Crippen molar-refractivity contribution >= 4 is 0 Å². The Bertz CT molecular complexity index is 223. The fraction of sp³-hybridized carbons (Fsp3) is 1.00. The Balaban J connectivity index is 1.83. The van der Waals surface area contributed by atoms with Gasteiger partial charge in [-0.2, -0.15) is 0 Å². The molecule has 2 rings (SSSR count). The van der Waals surface area contributed by atoms with Gasteiger partial charge in [-0.05, 0) is 57.4 Å². The number of rotatable bonds is 6. The van der Waals surface area contributed by atoms with Gasteiger partial charge < -0.3 is 10.1 Å². The fourth-order valence-electron chi connectivity index (χ4n) is 3.63. The molecular formula is C15H29NO. The Morgan fingerprint density at radius 2 is 2.00 bits per heavy atom. The van der Waals surface area contributed by atoms with Crippen LogP contribution in [0.25, 0.3) is 0 Å². The van der Waals surface area contributed by atoms with Crippen molar-refractivity contribution in [2.45, 2.75) is 77.4 Å². The standard InChI is InChI=1S/C15H29NO/c1-3-10-16-12-15(8-4-5-9-15)11-14-7-6-13(2)17-14/h13-14,16H,3-12H2,1-2H3. The summed E-state index contributed by atoms with van der Waals surface area (Å²) in [5.41, 5.74) is 0.559. The van der Waals surface area contributed by atoms with E-state index in [9.17, 15) is 0 Å². The smallest absolute Gasteiger partial charge is 0.0585 e. The predicted molar refractivity (Wildman–Crippen MR) is 72.2 cm³/mol. The van der Waals surface area contributed by atoms with Gasteiger partial charge in [-0.1, -0.05) is 19.8 Å². The minimum absolute atomic E-state index is 0.502. The van der Waals surface area contributed by atoms with Gasteiger partial charge in [-0.15, -0.1) is 0 Å². The van der Waals surface area contributed by atoms with E-state index in [0.717, 1.165) is 0 Å². The number of hydrogen-bond acceptors (Lipinski definition) is 2. The highest BCUT2D eigenvalue weighted by Gasteiger charge is 2.37. The first-order valence-corrected chi connectivity index (χ1v) is 7.60. The number of hydrogen-bond donors (Lipinski definition) is 1. The molecule has 1 aliphatic heterocycles. The third kappa shape index (κ3) is 3.69. The van der Waals surface area contributed by atoms with Crippen LogP contribution in [0.3, 0.4) is 0 Å². The molecule has 2 nitrogen and oxygen atoms in total. The largest absolute Gasteiger partial charge is 0.375 e. The monoisotopic (exact) mass is 239 g/mol. The summed E-state index contributed by atoms with van der Waals surface area (Å²) in [6.45, 7) is 6.85. The third-order valence-corrected chi connectivity index (χ3v) is 4.57. The molecule has 1 heterocycles. The van der Waals surface area contributed by atoms with Gasteiger partial charge in [-0.25, -0.2) is 0 Å². The first-order valence-electron chi connectivity index (χ1n) is 7.60. The zero-order chi connectivity index (χ0) is 12.1. The molecular weight excluding hydrogens is 210 g/mol. The minimum atomic E-state index is 0.502. The molecule has 1 aliphatic carbocycles. The van der Waals surface area contributed by atoms with Crippen LogP contribution in [0.2, 0.25) is 0 Å². The summed E-state index contributed by atoms with van der Waals surface area (Å²) >= 11 is 0. The van der Waals surface area contributed by atoms with Crippen LogP contribution in [0.15, 0.2) is 0 Å². The van der Waals surface area contributed by atoms with Gasteiger partial charge in [0.15, 0.2) is 0 Å². The van der Waals surface area contributed by atoms with Gasteiger partial charge in [0.1, 0.15) is 0 Å². The third-order valence-electron chi connectivity index (χ3n) is 4.57. The van der Waals surface area contributed by atoms with Crippen molar-refractivity contribution in [1.82, 2.24) is 5.32 Å². The lowest BCUT2D eigenvalue weighted by atomic mass is 9.80. The van der Waals surface area contributed by atoms with E-state index >= 15 is 0 Å². The van der Waals surface area contributed by atoms with E-state index < -0.39 is 0 Å². The summed E-state index contributed by atoms with van der Waals surface area (Å²) in [7, 11) is 0. The van der Waals surface area contributed by atoms with Crippen LogP contribution < -0.4 is 5.32 Å². The molecule has 2 atom stereocenters. The average Bonchev–Trinajstić information content (AvgIpc) is 2.90. The molecule has 2 fully saturated rings. The van der Waals surface area contributed by atoms with Crippen molar-refractivity contribution in [2.24, 2.45) is 5.41 Å². The van der Waals surface area contributed by atoms with Crippen molar-refractivity contribution in [1.29, 1.82) is 0 Å². The normalized spacial score (nSPS) is 32.1. The summed E-state index contributed by atoms with van der Waals surface area (Å²) in [5, 5.41) is 3.65. The summed E-state index contributed by atoms with van der Waals surface area (Å²) in [6, 6.07) is 0. The molecule has 2 unspecified atom stereocenters. The maximum atomic E-state index is 6.03. The van der Waals surface area contributed by atoms with E-state index in [2.05, 4.69) is 19.2 Å². The Labute approximate surface area is 107 Å². The molecule has 0 aromatic carbocycles. The van der Waals surface area contributed by atoms with Gasteiger partial charge in [0.05, 0.1) is 12.2 Å². The summed E-state index contributed by atoms with van der Waals surface area (Å²) in [4.78, 5) is 0. The fourth-order valence-corrected chi connectivity index (χ4v) is 3.63. The minimum Gasteiger partial charge on any atom is -0.375 e. The molecule has 0 aromatic heterocycles. The zero-order valence-corrected chi connectivity index (χ0v) is 11.6. The second-order valence-corrected chi connectivity index (χ2v) is 6.23. The Kier molecular flexibility index (Phi) is 4.87. The maximum Gasteiger partial charge on any atom is 0.0585 e. The first kappa shape index (κ1) is 13.4. The SMILES string of the molecule is CCCNCC1(CC2CCC(C)O2)CCCC1. The van der Waals surface area contributed by atoms with E-state index in [1.54, 1.807) is 0 Å². The highest BCUT2D eigenvalue weighted by atomic mass is 16.5. The molecule has 17 heavy (non-hydrogen) atoms. The number of ether oxygens (including phenoxy) is 1. The van der Waals surface area contributed by atoms with E-state index in [-0.39, 0.29) is 0 Å². The number of nitrogens with one attached hydrogen (secondary N) is 1. The topological polar surface area (TPSA) is 21.3 Å². The highest BCUT2D eigenvalue weighted by molar-refractivity contribution is 4.90. The predicted octanol–water partition coefficient (Wildman–Crippen LogP) is 3.50. The van der Waals surface area contributed by atoms with Crippen LogP contribution in [0.1, 0.15) is 65.2 Å². The quantitative estimate of drug-likeness (QED) is 0.716. The van der Waals surface area contributed by atoms with Crippen LogP contribution in [-0.2, 0) is 4.74 Å². The molecule has 0 radical (unpaired) electrons. The van der Waals surface area contributed by atoms with Crippen LogP contribution in [0.4, 0.5) is 0 Å². The van der Waals surface area contributed by atoms with Gasteiger partial charge in [0.2, 0.25) is 0 Å². The first-order chi connectivity index (χ1) is 8.24. The van der Waals surface area contributed by atoms with Crippen molar-refractivity contribution < 1.29 is 4.74 Å². The molecule has 100 valence electrons. The molecule has 0 spiro atoms. The molecule has 2 aliphatic rings. The lowest BCUT2D eigenvalue weighted by Crippen LogP contribution is -2.35. The second-order valence-electron chi connectivity index (χ2n) is 6.23. The van der Waals surface area contributed by atoms with Crippen molar-refractivity contribution in [2.75, 3.05) is 13.1 Å². The van der Waals surface area contributed by atoms with Crippen LogP contribution >= 0.6 is 0 Å². The Morgan fingerprint density at radius 3 is 2.59 bits per heavy atom. The highest BCUT2D eigenvalue weighted by Crippen LogP contribution is 2.43. The van der Waals surface area contributed by atoms with Crippen molar-refractivity contribution in [3.8, 4) is 0 Å².